The van der Waals surface area contributed by atoms with Crippen molar-refractivity contribution in [3.63, 3.8) is 0 Å². The van der Waals surface area contributed by atoms with Gasteiger partial charge in [0.15, 0.2) is 0 Å². The predicted molar refractivity (Wildman–Crippen MR) is 93.7 cm³/mol. The van der Waals surface area contributed by atoms with Crippen LogP contribution in [0.4, 0.5) is 0 Å². The summed E-state index contributed by atoms with van der Waals surface area (Å²) in [4.78, 5) is 21.3. The summed E-state index contributed by atoms with van der Waals surface area (Å²) in [7, 11) is 0. The minimum atomic E-state index is -0.00596. The molecule has 4 rings (SSSR count). The lowest BCUT2D eigenvalue weighted by Gasteiger charge is -2.11. The van der Waals surface area contributed by atoms with Crippen LogP contribution >= 0.6 is 11.3 Å². The van der Waals surface area contributed by atoms with Gasteiger partial charge in [0.05, 0.1) is 18.2 Å². The van der Waals surface area contributed by atoms with Crippen LogP contribution in [0.25, 0.3) is 10.6 Å². The Morgan fingerprint density at radius 3 is 3.04 bits per heavy atom. The molecule has 0 spiro atoms. The SMILES string of the molecule is CC1CC(NC(=O)Cc2csc(-c3ccccc3)n2)c2nccn21. The lowest BCUT2D eigenvalue weighted by atomic mass is 10.1. The van der Waals surface area contributed by atoms with Gasteiger partial charge >= 0.3 is 0 Å². The Bertz CT molecular complexity index is 855. The van der Waals surface area contributed by atoms with Crippen molar-refractivity contribution in [3.8, 4) is 10.6 Å². The molecule has 2 unspecified atom stereocenters. The number of aromatic nitrogens is 3. The summed E-state index contributed by atoms with van der Waals surface area (Å²) >= 11 is 1.57. The largest absolute Gasteiger partial charge is 0.346 e. The summed E-state index contributed by atoms with van der Waals surface area (Å²) < 4.78 is 2.13. The maximum atomic E-state index is 12.4. The first-order valence-corrected chi connectivity index (χ1v) is 8.90. The number of carbonyl (C=O) groups excluding carboxylic acids is 1. The minimum absolute atomic E-state index is 0.00488. The van der Waals surface area contributed by atoms with E-state index in [2.05, 4.69) is 26.8 Å². The predicted octanol–water partition coefficient (Wildman–Crippen LogP) is 3.37. The summed E-state index contributed by atoms with van der Waals surface area (Å²) in [6.45, 7) is 2.14. The summed E-state index contributed by atoms with van der Waals surface area (Å²) in [6, 6.07) is 10.4. The zero-order valence-corrected chi connectivity index (χ0v) is 14.2. The van der Waals surface area contributed by atoms with Gasteiger partial charge in [-0.1, -0.05) is 30.3 Å². The monoisotopic (exact) mass is 338 g/mol. The molecular weight excluding hydrogens is 320 g/mol. The second-order valence-electron chi connectivity index (χ2n) is 6.08. The molecule has 2 aromatic heterocycles. The molecule has 0 saturated heterocycles. The van der Waals surface area contributed by atoms with E-state index < -0.39 is 0 Å². The molecule has 5 nitrogen and oxygen atoms in total. The van der Waals surface area contributed by atoms with Gasteiger partial charge in [0.1, 0.15) is 10.8 Å². The Kier molecular flexibility index (Phi) is 3.90. The van der Waals surface area contributed by atoms with Gasteiger partial charge in [0.2, 0.25) is 5.91 Å². The number of nitrogens with one attached hydrogen (secondary N) is 1. The second-order valence-corrected chi connectivity index (χ2v) is 6.94. The summed E-state index contributed by atoms with van der Waals surface area (Å²) in [5.41, 5.74) is 1.89. The molecule has 1 amide bonds. The van der Waals surface area contributed by atoms with Crippen LogP contribution in [0.2, 0.25) is 0 Å². The standard InChI is InChI=1S/C18H18N4OS/c1-12-9-15(17-19-7-8-22(12)17)21-16(23)10-14-11-24-18(20-14)13-5-3-2-4-6-13/h2-8,11-12,15H,9-10H2,1H3,(H,21,23). The number of carbonyl (C=O) groups is 1. The zero-order valence-electron chi connectivity index (χ0n) is 13.3. The van der Waals surface area contributed by atoms with E-state index in [9.17, 15) is 4.79 Å². The minimum Gasteiger partial charge on any atom is -0.346 e. The number of benzene rings is 1. The third kappa shape index (κ3) is 2.85. The van der Waals surface area contributed by atoms with Crippen molar-refractivity contribution in [1.29, 1.82) is 0 Å². The molecule has 122 valence electrons. The Balaban J connectivity index is 1.42. The molecule has 24 heavy (non-hydrogen) atoms. The Labute approximate surface area is 144 Å². The molecule has 3 aromatic rings. The topological polar surface area (TPSA) is 59.8 Å². The molecule has 1 N–H and O–H groups in total. The maximum absolute atomic E-state index is 12.4. The molecule has 1 aromatic carbocycles. The fourth-order valence-electron chi connectivity index (χ4n) is 3.16. The Hall–Kier alpha value is -2.47. The van der Waals surface area contributed by atoms with Crippen molar-refractivity contribution < 1.29 is 4.79 Å². The van der Waals surface area contributed by atoms with Crippen LogP contribution in [-0.4, -0.2) is 20.4 Å². The number of hydrogen-bond acceptors (Lipinski definition) is 4. The Morgan fingerprint density at radius 1 is 1.38 bits per heavy atom. The van der Waals surface area contributed by atoms with Gasteiger partial charge in [-0.2, -0.15) is 0 Å². The van der Waals surface area contributed by atoms with Crippen LogP contribution < -0.4 is 5.32 Å². The highest BCUT2D eigenvalue weighted by atomic mass is 32.1. The van der Waals surface area contributed by atoms with Gasteiger partial charge in [0, 0.05) is 29.4 Å². The van der Waals surface area contributed by atoms with Gasteiger partial charge in [-0.05, 0) is 13.3 Å². The number of rotatable bonds is 4. The second kappa shape index (κ2) is 6.20. The van der Waals surface area contributed by atoms with E-state index in [4.69, 9.17) is 0 Å². The third-order valence-electron chi connectivity index (χ3n) is 4.31. The third-order valence-corrected chi connectivity index (χ3v) is 5.25. The van der Waals surface area contributed by atoms with E-state index in [1.807, 2.05) is 41.9 Å². The molecule has 6 heteroatoms. The lowest BCUT2D eigenvalue weighted by Crippen LogP contribution is -2.29. The van der Waals surface area contributed by atoms with Crippen molar-refractivity contribution in [2.45, 2.75) is 31.8 Å². The van der Waals surface area contributed by atoms with Crippen molar-refractivity contribution in [2.75, 3.05) is 0 Å². The molecule has 0 fully saturated rings. The molecule has 3 heterocycles. The molecule has 0 aliphatic carbocycles. The first kappa shape index (κ1) is 15.1. The first-order chi connectivity index (χ1) is 11.7. The van der Waals surface area contributed by atoms with E-state index in [1.165, 1.54) is 0 Å². The van der Waals surface area contributed by atoms with Crippen molar-refractivity contribution in [3.05, 3.63) is 59.6 Å². The molecule has 0 radical (unpaired) electrons. The molecule has 0 bridgehead atoms. The first-order valence-electron chi connectivity index (χ1n) is 8.02. The summed E-state index contributed by atoms with van der Waals surface area (Å²) in [5, 5.41) is 6.00. The fourth-order valence-corrected chi connectivity index (χ4v) is 3.99. The van der Waals surface area contributed by atoms with Gasteiger partial charge in [0.25, 0.3) is 0 Å². The van der Waals surface area contributed by atoms with Crippen molar-refractivity contribution in [1.82, 2.24) is 19.9 Å². The number of amides is 1. The van der Waals surface area contributed by atoms with Crippen LogP contribution in [0.3, 0.4) is 0 Å². The molecule has 0 saturated carbocycles. The normalized spacial score (nSPS) is 19.2. The smallest absolute Gasteiger partial charge is 0.226 e. The number of nitrogens with zero attached hydrogens (tertiary/aromatic N) is 3. The Morgan fingerprint density at radius 2 is 2.21 bits per heavy atom. The number of fused-ring (bicyclic) bond motifs is 1. The molecule has 1 aliphatic rings. The lowest BCUT2D eigenvalue weighted by molar-refractivity contribution is -0.121. The van der Waals surface area contributed by atoms with Crippen LogP contribution in [-0.2, 0) is 11.2 Å². The van der Waals surface area contributed by atoms with Gasteiger partial charge in [-0.15, -0.1) is 11.3 Å². The van der Waals surface area contributed by atoms with Crippen molar-refractivity contribution >= 4 is 17.2 Å². The van der Waals surface area contributed by atoms with Gasteiger partial charge in [-0.25, -0.2) is 9.97 Å². The maximum Gasteiger partial charge on any atom is 0.226 e. The van der Waals surface area contributed by atoms with Gasteiger partial charge in [-0.3, -0.25) is 4.79 Å². The quantitative estimate of drug-likeness (QED) is 0.793. The molecular formula is C18H18N4OS. The van der Waals surface area contributed by atoms with Crippen LogP contribution in [0.5, 0.6) is 0 Å². The van der Waals surface area contributed by atoms with E-state index >= 15 is 0 Å². The highest BCUT2D eigenvalue weighted by Gasteiger charge is 2.30. The summed E-state index contributed by atoms with van der Waals surface area (Å²) in [6.07, 6.45) is 4.95. The number of hydrogen-bond donors (Lipinski definition) is 1. The molecule has 2 atom stereocenters. The van der Waals surface area contributed by atoms with E-state index in [-0.39, 0.29) is 11.9 Å². The number of thiazole rings is 1. The zero-order chi connectivity index (χ0) is 16.5. The van der Waals surface area contributed by atoms with Gasteiger partial charge < -0.3 is 9.88 Å². The van der Waals surface area contributed by atoms with Crippen LogP contribution in [0, 0.1) is 0 Å². The molecule has 1 aliphatic heterocycles. The highest BCUT2D eigenvalue weighted by molar-refractivity contribution is 7.13. The van der Waals surface area contributed by atoms with E-state index in [1.54, 1.807) is 17.5 Å². The fraction of sp³-hybridized carbons (Fsp3) is 0.278. The summed E-state index contributed by atoms with van der Waals surface area (Å²) in [5.74, 6) is 0.938. The average Bonchev–Trinajstić information content (AvgIpc) is 3.28. The average molecular weight is 338 g/mol. The van der Waals surface area contributed by atoms with E-state index in [0.717, 1.165) is 28.5 Å². The van der Waals surface area contributed by atoms with Crippen LogP contribution in [0.1, 0.15) is 36.9 Å². The highest BCUT2D eigenvalue weighted by Crippen LogP contribution is 2.32. The van der Waals surface area contributed by atoms with Crippen LogP contribution in [0.15, 0.2) is 48.1 Å². The van der Waals surface area contributed by atoms with E-state index in [0.29, 0.717) is 12.5 Å². The van der Waals surface area contributed by atoms with Crippen molar-refractivity contribution in [2.24, 2.45) is 0 Å². The number of imidazole rings is 1.